The Morgan fingerprint density at radius 3 is 2.67 bits per heavy atom. The molecule has 1 rings (SSSR count). The first-order chi connectivity index (χ1) is 8.38. The highest BCUT2D eigenvalue weighted by Crippen LogP contribution is 2.09. The molecule has 1 atom stereocenters. The number of amidine groups is 1. The number of aliphatic hydroxyl groups is 1. The minimum Gasteiger partial charge on any atom is -0.465 e. The molecule has 0 radical (unpaired) electrons. The lowest BCUT2D eigenvalue weighted by molar-refractivity contribution is 0.195. The lowest BCUT2D eigenvalue weighted by atomic mass is 10.1. The molecule has 7 nitrogen and oxygen atoms in total. The largest absolute Gasteiger partial charge is 0.465 e. The second-order valence-corrected chi connectivity index (χ2v) is 3.70. The maximum atomic E-state index is 9.49. The van der Waals surface area contributed by atoms with Crippen LogP contribution in [0.4, 0.5) is 4.79 Å². The van der Waals surface area contributed by atoms with Crippen LogP contribution in [0.5, 0.6) is 0 Å². The van der Waals surface area contributed by atoms with Crippen molar-refractivity contribution in [3.05, 3.63) is 24.0 Å². The quantitative estimate of drug-likeness (QED) is 0.553. The number of carboxylic acid groups (broad SMARTS) is 1. The molecule has 0 bridgehead atoms. The fourth-order valence-electron chi connectivity index (χ4n) is 1.10. The number of hydrogen-bond acceptors (Lipinski definition) is 5. The van der Waals surface area contributed by atoms with Gasteiger partial charge >= 0.3 is 6.09 Å². The number of rotatable bonds is 2. The van der Waals surface area contributed by atoms with Crippen molar-refractivity contribution in [2.24, 2.45) is 10.7 Å². The third kappa shape index (κ3) is 6.54. The van der Waals surface area contributed by atoms with Gasteiger partial charge in [-0.25, -0.2) is 9.79 Å². The Morgan fingerprint density at radius 2 is 2.28 bits per heavy atom. The molecule has 1 heterocycles. The van der Waals surface area contributed by atoms with Crippen molar-refractivity contribution in [1.82, 2.24) is 10.2 Å². The molecule has 5 N–H and O–H groups in total. The van der Waals surface area contributed by atoms with Crippen molar-refractivity contribution in [2.75, 3.05) is 20.6 Å². The lowest BCUT2D eigenvalue weighted by Gasteiger charge is -2.16. The van der Waals surface area contributed by atoms with Crippen molar-refractivity contribution in [1.29, 1.82) is 0 Å². The molecule has 1 unspecified atom stereocenters. The molecule has 0 aromatic carbocycles. The molecule has 0 saturated heterocycles. The third-order valence-corrected chi connectivity index (χ3v) is 1.82. The molecule has 0 aromatic heterocycles. The van der Waals surface area contributed by atoms with Gasteiger partial charge in [0, 0.05) is 38.6 Å². The van der Waals surface area contributed by atoms with Crippen LogP contribution >= 0.6 is 0 Å². The van der Waals surface area contributed by atoms with Crippen LogP contribution in [0, 0.1) is 0 Å². The molecule has 102 valence electrons. The second kappa shape index (κ2) is 8.13. The summed E-state index contributed by atoms with van der Waals surface area (Å²) >= 11 is 0. The Morgan fingerprint density at radius 1 is 1.67 bits per heavy atom. The molecule has 0 aromatic rings. The molecule has 1 aliphatic rings. The molecule has 18 heavy (non-hydrogen) atoms. The first-order valence-corrected chi connectivity index (χ1v) is 5.41. The van der Waals surface area contributed by atoms with Crippen LogP contribution in [0.3, 0.4) is 0 Å². The zero-order valence-corrected chi connectivity index (χ0v) is 10.8. The highest BCUT2D eigenvalue weighted by atomic mass is 16.4. The molecule has 0 spiro atoms. The van der Waals surface area contributed by atoms with Gasteiger partial charge in [-0.05, 0) is 13.0 Å². The predicted molar refractivity (Wildman–Crippen MR) is 70.2 cm³/mol. The van der Waals surface area contributed by atoms with E-state index in [1.165, 1.54) is 0 Å². The van der Waals surface area contributed by atoms with Gasteiger partial charge in [-0.15, -0.1) is 0 Å². The standard InChI is InChI=1S/C8H13N3O.C3H7NO2/c1-11(2)5-6-3-4-10-8(9)7(6)12;1-2-4-3(5)6/h3-5,7,12H,1-2H3,(H2,9,10);4H,2H2,1H3,(H,5,6). The summed E-state index contributed by atoms with van der Waals surface area (Å²) < 4.78 is 0. The summed E-state index contributed by atoms with van der Waals surface area (Å²) in [7, 11) is 3.77. The van der Waals surface area contributed by atoms with Crippen LogP contribution in [0.2, 0.25) is 0 Å². The Kier molecular flexibility index (Phi) is 7.22. The number of nitrogens with one attached hydrogen (secondary N) is 1. The van der Waals surface area contributed by atoms with Gasteiger partial charge in [-0.1, -0.05) is 0 Å². The van der Waals surface area contributed by atoms with E-state index in [2.05, 4.69) is 10.3 Å². The van der Waals surface area contributed by atoms with E-state index in [-0.39, 0.29) is 5.84 Å². The second-order valence-electron chi connectivity index (χ2n) is 3.70. The number of nitrogens with two attached hydrogens (primary N) is 1. The van der Waals surface area contributed by atoms with Gasteiger partial charge in [0.05, 0.1) is 0 Å². The number of amides is 1. The number of nitrogens with zero attached hydrogens (tertiary/aromatic N) is 2. The van der Waals surface area contributed by atoms with Gasteiger partial charge in [0.25, 0.3) is 0 Å². The molecule has 0 aliphatic carbocycles. The molecule has 1 amide bonds. The lowest BCUT2D eigenvalue weighted by Crippen LogP contribution is -2.32. The van der Waals surface area contributed by atoms with E-state index in [9.17, 15) is 9.90 Å². The zero-order valence-electron chi connectivity index (χ0n) is 10.8. The predicted octanol–water partition coefficient (Wildman–Crippen LogP) is -0.0488. The van der Waals surface area contributed by atoms with Crippen molar-refractivity contribution >= 4 is 11.9 Å². The third-order valence-electron chi connectivity index (χ3n) is 1.82. The first kappa shape index (κ1) is 16.0. The minimum atomic E-state index is -0.961. The zero-order chi connectivity index (χ0) is 14.1. The average molecular weight is 256 g/mol. The summed E-state index contributed by atoms with van der Waals surface area (Å²) in [6, 6.07) is 0. The Labute approximate surface area is 106 Å². The SMILES string of the molecule is CCNC(=O)O.CN(C)C=C1C=CN=C(N)C1O. The summed E-state index contributed by atoms with van der Waals surface area (Å²) in [4.78, 5) is 15.1. The van der Waals surface area contributed by atoms with E-state index < -0.39 is 12.2 Å². The van der Waals surface area contributed by atoms with Crippen LogP contribution in [0.25, 0.3) is 0 Å². The van der Waals surface area contributed by atoms with Gasteiger partial charge in [-0.3, -0.25) is 0 Å². The van der Waals surface area contributed by atoms with Crippen LogP contribution in [0.15, 0.2) is 29.0 Å². The fourth-order valence-corrected chi connectivity index (χ4v) is 1.10. The van der Waals surface area contributed by atoms with Gasteiger partial charge < -0.3 is 26.2 Å². The number of hydrogen-bond donors (Lipinski definition) is 4. The molecule has 1 aliphatic heterocycles. The van der Waals surface area contributed by atoms with Crippen molar-refractivity contribution in [2.45, 2.75) is 13.0 Å². The van der Waals surface area contributed by atoms with Crippen LogP contribution < -0.4 is 11.1 Å². The summed E-state index contributed by atoms with van der Waals surface area (Å²) in [6.07, 6.45) is 3.40. The summed E-state index contributed by atoms with van der Waals surface area (Å²) in [5, 5.41) is 19.4. The minimum absolute atomic E-state index is 0.241. The van der Waals surface area contributed by atoms with Crippen molar-refractivity contribution < 1.29 is 15.0 Å². The van der Waals surface area contributed by atoms with Crippen LogP contribution in [-0.2, 0) is 0 Å². The number of aliphatic hydroxyl groups excluding tert-OH is 1. The molecule has 7 heteroatoms. The normalized spacial score (nSPS) is 19.7. The Bertz CT molecular complexity index is 361. The molecule has 0 saturated carbocycles. The van der Waals surface area contributed by atoms with E-state index in [0.29, 0.717) is 6.54 Å². The topological polar surface area (TPSA) is 111 Å². The maximum Gasteiger partial charge on any atom is 0.404 e. The number of carbonyl (C=O) groups is 1. The fraction of sp³-hybridized carbons (Fsp3) is 0.455. The van der Waals surface area contributed by atoms with Gasteiger partial charge in [-0.2, -0.15) is 0 Å². The monoisotopic (exact) mass is 256 g/mol. The van der Waals surface area contributed by atoms with Crippen LogP contribution in [0.1, 0.15) is 6.92 Å². The smallest absolute Gasteiger partial charge is 0.404 e. The van der Waals surface area contributed by atoms with E-state index in [1.54, 1.807) is 19.2 Å². The summed E-state index contributed by atoms with van der Waals surface area (Å²) in [5.41, 5.74) is 6.19. The van der Waals surface area contributed by atoms with E-state index in [1.807, 2.05) is 25.2 Å². The van der Waals surface area contributed by atoms with Crippen molar-refractivity contribution in [3.63, 3.8) is 0 Å². The van der Waals surface area contributed by atoms with Gasteiger partial charge in [0.15, 0.2) is 0 Å². The van der Waals surface area contributed by atoms with E-state index in [0.717, 1.165) is 5.57 Å². The summed E-state index contributed by atoms with van der Waals surface area (Å²) in [5.74, 6) is 0.241. The highest BCUT2D eigenvalue weighted by Gasteiger charge is 2.15. The van der Waals surface area contributed by atoms with Gasteiger partial charge in [0.1, 0.15) is 11.9 Å². The Hall–Kier alpha value is -2.02. The van der Waals surface area contributed by atoms with Crippen molar-refractivity contribution in [3.8, 4) is 0 Å². The van der Waals surface area contributed by atoms with E-state index >= 15 is 0 Å². The molecule has 0 fully saturated rings. The first-order valence-electron chi connectivity index (χ1n) is 5.41. The summed E-state index contributed by atoms with van der Waals surface area (Å²) in [6.45, 7) is 2.21. The molecular weight excluding hydrogens is 236 g/mol. The van der Waals surface area contributed by atoms with Crippen LogP contribution in [-0.4, -0.2) is 53.8 Å². The van der Waals surface area contributed by atoms with Gasteiger partial charge in [0.2, 0.25) is 0 Å². The Balaban J connectivity index is 0.000000411. The number of aliphatic imine (C=N–C) groups is 1. The average Bonchev–Trinajstić information content (AvgIpc) is 2.25. The highest BCUT2D eigenvalue weighted by molar-refractivity contribution is 5.89. The maximum absolute atomic E-state index is 9.49. The molecular formula is C11H20N4O3. The van der Waals surface area contributed by atoms with E-state index in [4.69, 9.17) is 10.8 Å².